The summed E-state index contributed by atoms with van der Waals surface area (Å²) in [5.41, 5.74) is 0. The van der Waals surface area contributed by atoms with Crippen molar-refractivity contribution >= 4 is 16.2 Å². The summed E-state index contributed by atoms with van der Waals surface area (Å²) in [6.45, 7) is 6.23. The van der Waals surface area contributed by atoms with Gasteiger partial charge in [-0.05, 0) is 38.5 Å². The average molecular weight is 306 g/mol. The van der Waals surface area contributed by atoms with Crippen molar-refractivity contribution in [2.45, 2.75) is 58.5 Å². The number of aliphatic carboxylic acids is 1. The van der Waals surface area contributed by atoms with E-state index in [1.165, 1.54) is 11.4 Å². The van der Waals surface area contributed by atoms with Gasteiger partial charge in [0.25, 0.3) is 10.2 Å². The molecular formula is C13H26N2O4S. The second kappa shape index (κ2) is 6.87. The Balaban J connectivity index is 2.92. The summed E-state index contributed by atoms with van der Waals surface area (Å²) >= 11 is 0. The minimum Gasteiger partial charge on any atom is -0.480 e. The molecule has 1 rings (SSSR count). The highest BCUT2D eigenvalue weighted by Gasteiger charge is 2.40. The summed E-state index contributed by atoms with van der Waals surface area (Å²) in [4.78, 5) is 11.3. The first-order valence-corrected chi connectivity index (χ1v) is 8.55. The van der Waals surface area contributed by atoms with E-state index in [1.807, 2.05) is 20.8 Å². The Morgan fingerprint density at radius 3 is 2.45 bits per heavy atom. The van der Waals surface area contributed by atoms with Crippen LogP contribution in [0.3, 0.4) is 0 Å². The Morgan fingerprint density at radius 2 is 1.95 bits per heavy atom. The highest BCUT2D eigenvalue weighted by Crippen LogP contribution is 2.24. The van der Waals surface area contributed by atoms with Crippen LogP contribution in [0.2, 0.25) is 0 Å². The van der Waals surface area contributed by atoms with Crippen LogP contribution in [-0.2, 0) is 15.0 Å². The molecule has 1 aliphatic rings. The molecule has 0 spiro atoms. The lowest BCUT2D eigenvalue weighted by Crippen LogP contribution is -2.54. The van der Waals surface area contributed by atoms with E-state index in [-0.39, 0.29) is 12.6 Å². The quantitative estimate of drug-likeness (QED) is 0.807. The largest absolute Gasteiger partial charge is 0.480 e. The second-order valence-corrected chi connectivity index (χ2v) is 7.90. The molecule has 0 bridgehead atoms. The summed E-state index contributed by atoms with van der Waals surface area (Å²) in [5, 5.41) is 9.21. The molecule has 1 fully saturated rings. The zero-order chi connectivity index (χ0) is 15.5. The summed E-state index contributed by atoms with van der Waals surface area (Å²) in [5.74, 6) is -0.669. The van der Waals surface area contributed by atoms with Gasteiger partial charge in [0.1, 0.15) is 6.04 Å². The van der Waals surface area contributed by atoms with Gasteiger partial charge >= 0.3 is 5.97 Å². The van der Waals surface area contributed by atoms with E-state index in [0.29, 0.717) is 12.3 Å². The topological polar surface area (TPSA) is 77.9 Å². The molecule has 118 valence electrons. The standard InChI is InChI=1S/C13H26N2O4S/c1-10(2)9-11(3)14(4)20(18,19)15-8-6-5-7-12(15)13(16)17/h10-12H,5-9H2,1-4H3,(H,16,17). The molecule has 0 saturated carbocycles. The highest BCUT2D eigenvalue weighted by atomic mass is 32.2. The molecule has 0 aromatic rings. The van der Waals surface area contributed by atoms with Crippen LogP contribution in [0.25, 0.3) is 0 Å². The van der Waals surface area contributed by atoms with E-state index in [1.54, 1.807) is 0 Å². The summed E-state index contributed by atoms with van der Waals surface area (Å²) in [7, 11) is -2.18. The molecule has 7 heteroatoms. The minimum atomic E-state index is -3.72. The van der Waals surface area contributed by atoms with Crippen molar-refractivity contribution in [3.8, 4) is 0 Å². The third-order valence-electron chi connectivity index (χ3n) is 3.83. The van der Waals surface area contributed by atoms with Gasteiger partial charge in [0.15, 0.2) is 0 Å². The maximum Gasteiger partial charge on any atom is 0.322 e. The zero-order valence-corrected chi connectivity index (χ0v) is 13.6. The van der Waals surface area contributed by atoms with E-state index in [2.05, 4.69) is 0 Å². The van der Waals surface area contributed by atoms with Gasteiger partial charge in [-0.2, -0.15) is 17.0 Å². The van der Waals surface area contributed by atoms with E-state index in [9.17, 15) is 18.3 Å². The fraction of sp³-hybridized carbons (Fsp3) is 0.923. The number of rotatable bonds is 6. The molecule has 0 aliphatic carbocycles. The van der Waals surface area contributed by atoms with Crippen molar-refractivity contribution in [1.82, 2.24) is 8.61 Å². The van der Waals surface area contributed by atoms with Gasteiger partial charge in [-0.25, -0.2) is 0 Å². The number of carbonyl (C=O) groups is 1. The Kier molecular flexibility index (Phi) is 5.97. The molecule has 2 atom stereocenters. The number of hydrogen-bond acceptors (Lipinski definition) is 3. The van der Waals surface area contributed by atoms with Crippen molar-refractivity contribution in [1.29, 1.82) is 0 Å². The first-order chi connectivity index (χ1) is 9.17. The molecule has 1 aliphatic heterocycles. The molecule has 0 aromatic heterocycles. The van der Waals surface area contributed by atoms with Gasteiger partial charge in [0.05, 0.1) is 0 Å². The monoisotopic (exact) mass is 306 g/mol. The van der Waals surface area contributed by atoms with Crippen LogP contribution in [0.4, 0.5) is 0 Å². The number of nitrogens with zero attached hydrogens (tertiary/aromatic N) is 2. The third-order valence-corrected chi connectivity index (χ3v) is 5.95. The fourth-order valence-electron chi connectivity index (χ4n) is 2.65. The van der Waals surface area contributed by atoms with Gasteiger partial charge in [-0.1, -0.05) is 13.8 Å². The maximum atomic E-state index is 12.6. The summed E-state index contributed by atoms with van der Waals surface area (Å²) in [6, 6.07) is -1.07. The van der Waals surface area contributed by atoms with Crippen molar-refractivity contribution < 1.29 is 18.3 Å². The summed E-state index contributed by atoms with van der Waals surface area (Å²) in [6.07, 6.45) is 2.62. The second-order valence-electron chi connectivity index (χ2n) is 5.96. The lowest BCUT2D eigenvalue weighted by Gasteiger charge is -2.36. The number of hydrogen-bond donors (Lipinski definition) is 1. The molecule has 1 heterocycles. The molecule has 6 nitrogen and oxygen atoms in total. The van der Waals surface area contributed by atoms with Gasteiger partial charge in [-0.15, -0.1) is 0 Å². The van der Waals surface area contributed by atoms with Gasteiger partial charge in [-0.3, -0.25) is 4.79 Å². The van der Waals surface area contributed by atoms with Crippen LogP contribution in [-0.4, -0.2) is 53.8 Å². The molecule has 0 radical (unpaired) electrons. The SMILES string of the molecule is CC(C)CC(C)N(C)S(=O)(=O)N1CCCCC1C(=O)O. The number of carboxylic acid groups (broad SMARTS) is 1. The van der Waals surface area contributed by atoms with Gasteiger partial charge in [0, 0.05) is 19.6 Å². The predicted octanol–water partition coefficient (Wildman–Crippen LogP) is 1.54. The molecule has 0 amide bonds. The summed E-state index contributed by atoms with van der Waals surface area (Å²) < 4.78 is 27.7. The van der Waals surface area contributed by atoms with Crippen LogP contribution < -0.4 is 0 Å². The van der Waals surface area contributed by atoms with Crippen molar-refractivity contribution in [2.24, 2.45) is 5.92 Å². The minimum absolute atomic E-state index is 0.142. The Bertz CT molecular complexity index is 436. The Morgan fingerprint density at radius 1 is 1.35 bits per heavy atom. The normalized spacial score (nSPS) is 23.2. The van der Waals surface area contributed by atoms with E-state index in [0.717, 1.165) is 23.6 Å². The van der Waals surface area contributed by atoms with Crippen molar-refractivity contribution in [3.05, 3.63) is 0 Å². The number of piperidine rings is 1. The van der Waals surface area contributed by atoms with Crippen molar-refractivity contribution in [3.63, 3.8) is 0 Å². The van der Waals surface area contributed by atoms with Crippen LogP contribution in [0.1, 0.15) is 46.5 Å². The molecular weight excluding hydrogens is 280 g/mol. The molecule has 1 saturated heterocycles. The molecule has 2 unspecified atom stereocenters. The lowest BCUT2D eigenvalue weighted by molar-refractivity contribution is -0.142. The van der Waals surface area contributed by atoms with E-state index in [4.69, 9.17) is 0 Å². The molecule has 1 N–H and O–H groups in total. The molecule has 20 heavy (non-hydrogen) atoms. The first kappa shape index (κ1) is 17.4. The number of carboxylic acids is 1. The lowest BCUT2D eigenvalue weighted by atomic mass is 10.1. The average Bonchev–Trinajstić information content (AvgIpc) is 2.36. The van der Waals surface area contributed by atoms with E-state index >= 15 is 0 Å². The fourth-order valence-corrected chi connectivity index (χ4v) is 4.40. The predicted molar refractivity (Wildman–Crippen MR) is 77.6 cm³/mol. The Hall–Kier alpha value is -0.660. The van der Waals surface area contributed by atoms with Crippen LogP contribution in [0.5, 0.6) is 0 Å². The third kappa shape index (κ3) is 3.93. The van der Waals surface area contributed by atoms with E-state index < -0.39 is 22.2 Å². The Labute approximate surface area is 121 Å². The van der Waals surface area contributed by atoms with Gasteiger partial charge < -0.3 is 5.11 Å². The van der Waals surface area contributed by atoms with Crippen LogP contribution in [0, 0.1) is 5.92 Å². The first-order valence-electron chi connectivity index (χ1n) is 7.15. The van der Waals surface area contributed by atoms with Crippen LogP contribution in [0.15, 0.2) is 0 Å². The zero-order valence-electron chi connectivity index (χ0n) is 12.7. The smallest absolute Gasteiger partial charge is 0.322 e. The highest BCUT2D eigenvalue weighted by molar-refractivity contribution is 7.86. The van der Waals surface area contributed by atoms with Crippen LogP contribution >= 0.6 is 0 Å². The molecule has 0 aromatic carbocycles. The van der Waals surface area contributed by atoms with Gasteiger partial charge in [0.2, 0.25) is 0 Å². The van der Waals surface area contributed by atoms with Crippen molar-refractivity contribution in [2.75, 3.05) is 13.6 Å². The maximum absolute atomic E-state index is 12.6.